The Morgan fingerprint density at radius 1 is 0.818 bits per heavy atom. The van der Waals surface area contributed by atoms with Crippen LogP contribution in [-0.4, -0.2) is 22.8 Å². The highest BCUT2D eigenvalue weighted by atomic mass is 32.1. The minimum atomic E-state index is 0.217. The SMILES string of the molecule is C/C(=C(/C#N)C1=CC=CC(=N)/C1=N\S)c1cc(C)c(-c2ccc(-c3sc(/C=C(\C#N)C4=CC=CC(=N)/C4=N\S)cc3C)s2)s1. The van der Waals surface area contributed by atoms with E-state index in [4.69, 9.17) is 10.8 Å². The van der Waals surface area contributed by atoms with E-state index in [-0.39, 0.29) is 11.4 Å². The van der Waals surface area contributed by atoms with Gasteiger partial charge in [-0.25, -0.2) is 8.80 Å². The van der Waals surface area contributed by atoms with Gasteiger partial charge in [-0.05, 0) is 106 Å². The van der Waals surface area contributed by atoms with Crippen LogP contribution in [0.1, 0.15) is 27.8 Å². The number of thiol groups is 2. The van der Waals surface area contributed by atoms with Crippen molar-refractivity contribution in [1.29, 1.82) is 21.3 Å². The Hall–Kier alpha value is -4.10. The molecule has 0 saturated heterocycles. The standard InChI is InChI=1S/C33H24N6S5/c1-17-12-21(14-20(15-34)22-6-4-8-25(36)30(22)38-40)42-32(17)27-10-11-28(43-27)33-18(2)13-29(44-33)19(3)24(16-35)23-7-5-9-26(37)31(23)39-41/h4-14,36-37,40-41H,1-3H3/b20-14+,24-19+,36-25?,37-26?,38-30-,39-31-. The molecule has 0 spiro atoms. The average molecular weight is 665 g/mol. The van der Waals surface area contributed by atoms with Gasteiger partial charge in [0.15, 0.2) is 0 Å². The van der Waals surface area contributed by atoms with E-state index in [1.807, 2.05) is 13.0 Å². The third kappa shape index (κ3) is 5.98. The quantitative estimate of drug-likeness (QED) is 0.119. The maximum absolute atomic E-state index is 10.1. The number of nitrogens with zero attached hydrogens (tertiary/aromatic N) is 4. The van der Waals surface area contributed by atoms with E-state index >= 15 is 0 Å². The number of allylic oxidation sites excluding steroid dienone is 11. The second kappa shape index (κ2) is 13.3. The van der Waals surface area contributed by atoms with Crippen LogP contribution in [0.15, 0.2) is 91.8 Å². The summed E-state index contributed by atoms with van der Waals surface area (Å²) in [7, 11) is 0. The predicted molar refractivity (Wildman–Crippen MR) is 195 cm³/mol. The summed E-state index contributed by atoms with van der Waals surface area (Å²) in [6, 6.07) is 13.0. The first-order chi connectivity index (χ1) is 21.2. The molecule has 0 amide bonds. The van der Waals surface area contributed by atoms with E-state index in [2.05, 4.69) is 84.7 Å². The number of thiophene rings is 3. The lowest BCUT2D eigenvalue weighted by Crippen LogP contribution is -2.17. The summed E-state index contributed by atoms with van der Waals surface area (Å²) in [6.07, 6.45) is 12.2. The van der Waals surface area contributed by atoms with Gasteiger partial charge in [-0.2, -0.15) is 10.5 Å². The molecule has 216 valence electrons. The minimum Gasteiger partial charge on any atom is -0.299 e. The maximum Gasteiger partial charge on any atom is 0.104 e. The van der Waals surface area contributed by atoms with Gasteiger partial charge < -0.3 is 0 Å². The molecule has 0 aromatic carbocycles. The van der Waals surface area contributed by atoms with Crippen LogP contribution in [0.3, 0.4) is 0 Å². The molecule has 44 heavy (non-hydrogen) atoms. The zero-order valence-corrected chi connectivity index (χ0v) is 28.0. The summed E-state index contributed by atoms with van der Waals surface area (Å²) in [5.74, 6) is 0. The monoisotopic (exact) mass is 664 g/mol. The van der Waals surface area contributed by atoms with Crippen molar-refractivity contribution >= 4 is 94.1 Å². The molecule has 0 unspecified atom stereocenters. The molecular weight excluding hydrogens is 641 g/mol. The fourth-order valence-electron chi connectivity index (χ4n) is 4.82. The molecule has 2 aliphatic rings. The molecule has 0 saturated carbocycles. The highest BCUT2D eigenvalue weighted by molar-refractivity contribution is 7.79. The molecule has 11 heteroatoms. The van der Waals surface area contributed by atoms with Gasteiger partial charge in [0, 0.05) is 40.4 Å². The average Bonchev–Trinajstić information content (AvgIpc) is 3.74. The molecule has 0 atom stereocenters. The number of nitriles is 2. The van der Waals surface area contributed by atoms with Crippen molar-refractivity contribution in [2.24, 2.45) is 8.80 Å². The van der Waals surface area contributed by atoms with Gasteiger partial charge in [-0.3, -0.25) is 10.8 Å². The van der Waals surface area contributed by atoms with Gasteiger partial charge in [0.1, 0.15) is 17.5 Å². The molecule has 0 radical (unpaired) electrons. The van der Waals surface area contributed by atoms with Gasteiger partial charge in [-0.1, -0.05) is 24.3 Å². The molecule has 3 heterocycles. The van der Waals surface area contributed by atoms with Gasteiger partial charge in [-0.15, -0.1) is 34.0 Å². The van der Waals surface area contributed by atoms with Crippen molar-refractivity contribution in [2.75, 3.05) is 0 Å². The van der Waals surface area contributed by atoms with Crippen LogP contribution in [0.2, 0.25) is 0 Å². The molecule has 3 aromatic rings. The van der Waals surface area contributed by atoms with Crippen molar-refractivity contribution < 1.29 is 0 Å². The fourth-order valence-corrected chi connectivity index (χ4v) is 8.90. The Morgan fingerprint density at radius 2 is 1.39 bits per heavy atom. The van der Waals surface area contributed by atoms with E-state index in [9.17, 15) is 10.5 Å². The topological polar surface area (TPSA) is 120 Å². The lowest BCUT2D eigenvalue weighted by molar-refractivity contribution is 1.45. The van der Waals surface area contributed by atoms with Crippen molar-refractivity contribution in [3.8, 4) is 31.6 Å². The second-order valence-electron chi connectivity index (χ2n) is 9.83. The molecule has 6 nitrogen and oxygen atoms in total. The number of hydrogen-bond acceptors (Lipinski definition) is 11. The Labute approximate surface area is 279 Å². The van der Waals surface area contributed by atoms with Crippen LogP contribution in [0.25, 0.3) is 31.2 Å². The normalized spacial score (nSPS) is 17.5. The van der Waals surface area contributed by atoms with Gasteiger partial charge >= 0.3 is 0 Å². The summed E-state index contributed by atoms with van der Waals surface area (Å²) < 4.78 is 7.90. The highest BCUT2D eigenvalue weighted by Crippen LogP contribution is 2.45. The molecule has 2 N–H and O–H groups in total. The lowest BCUT2D eigenvalue weighted by atomic mass is 9.91. The third-order valence-corrected chi connectivity index (χ3v) is 11.4. The Kier molecular flexibility index (Phi) is 9.45. The molecule has 3 aromatic heterocycles. The second-order valence-corrected chi connectivity index (χ2v) is 13.5. The molecule has 0 bridgehead atoms. The van der Waals surface area contributed by atoms with E-state index in [1.165, 1.54) is 0 Å². The summed E-state index contributed by atoms with van der Waals surface area (Å²) in [6.45, 7) is 6.07. The maximum atomic E-state index is 10.1. The van der Waals surface area contributed by atoms with Crippen LogP contribution in [0.5, 0.6) is 0 Å². The largest absolute Gasteiger partial charge is 0.299 e. The minimum absolute atomic E-state index is 0.217. The van der Waals surface area contributed by atoms with E-state index in [1.54, 1.807) is 70.5 Å². The van der Waals surface area contributed by atoms with Crippen molar-refractivity contribution in [2.45, 2.75) is 20.8 Å². The number of nitrogens with one attached hydrogen (secondary N) is 2. The van der Waals surface area contributed by atoms with E-state index in [0.717, 1.165) is 46.0 Å². The first kappa shape index (κ1) is 31.3. The summed E-state index contributed by atoms with van der Waals surface area (Å²) in [4.78, 5) is 6.46. The van der Waals surface area contributed by atoms with Crippen LogP contribution in [0, 0.1) is 47.3 Å². The fraction of sp³-hybridized carbons (Fsp3) is 0.0909. The van der Waals surface area contributed by atoms with Crippen LogP contribution in [-0.2, 0) is 0 Å². The smallest absolute Gasteiger partial charge is 0.104 e. The zero-order valence-electron chi connectivity index (χ0n) is 23.8. The first-order valence-corrected chi connectivity index (χ1v) is 16.4. The predicted octanol–water partition coefficient (Wildman–Crippen LogP) is 9.63. The molecule has 5 rings (SSSR count). The van der Waals surface area contributed by atoms with Crippen LogP contribution >= 0.6 is 59.6 Å². The van der Waals surface area contributed by atoms with Gasteiger partial charge in [0.05, 0.1) is 28.6 Å². The van der Waals surface area contributed by atoms with Gasteiger partial charge in [0.25, 0.3) is 0 Å². The highest BCUT2D eigenvalue weighted by Gasteiger charge is 2.22. The Morgan fingerprint density at radius 3 is 1.98 bits per heavy atom. The van der Waals surface area contributed by atoms with Crippen molar-refractivity contribution in [3.05, 3.63) is 104 Å². The van der Waals surface area contributed by atoms with Crippen LogP contribution < -0.4 is 0 Å². The Bertz CT molecular complexity index is 2070. The molecule has 2 aliphatic carbocycles. The molecule has 0 aliphatic heterocycles. The summed E-state index contributed by atoms with van der Waals surface area (Å²) >= 11 is 13.0. The number of aryl methyl sites for hydroxylation is 2. The van der Waals surface area contributed by atoms with E-state index in [0.29, 0.717) is 33.7 Å². The Balaban J connectivity index is 1.47. The number of rotatable bonds is 6. The molecular formula is C33H24N6S5. The van der Waals surface area contributed by atoms with Gasteiger partial charge in [0.2, 0.25) is 0 Å². The van der Waals surface area contributed by atoms with Crippen molar-refractivity contribution in [1.82, 2.24) is 0 Å². The van der Waals surface area contributed by atoms with Crippen LogP contribution in [0.4, 0.5) is 0 Å². The number of hydrogen-bond donors (Lipinski definition) is 4. The van der Waals surface area contributed by atoms with E-state index < -0.39 is 0 Å². The third-order valence-electron chi connectivity index (χ3n) is 7.00. The summed E-state index contributed by atoms with van der Waals surface area (Å²) in [5.41, 5.74) is 6.34. The lowest BCUT2D eigenvalue weighted by Gasteiger charge is -2.13. The zero-order chi connectivity index (χ0) is 31.5. The summed E-state index contributed by atoms with van der Waals surface area (Å²) in [5, 5.41) is 36.3. The first-order valence-electron chi connectivity index (χ1n) is 13.1. The van der Waals surface area contributed by atoms with Crippen molar-refractivity contribution in [3.63, 3.8) is 0 Å². The molecule has 0 fully saturated rings.